The first-order valence-electron chi connectivity index (χ1n) is 8.20. The lowest BCUT2D eigenvalue weighted by molar-refractivity contribution is 0.0931. The average molecular weight is 361 g/mol. The van der Waals surface area contributed by atoms with E-state index in [0.717, 1.165) is 21.9 Å². The topological polar surface area (TPSA) is 50.4 Å². The Hall–Kier alpha value is -1.50. The van der Waals surface area contributed by atoms with Crippen molar-refractivity contribution in [3.8, 4) is 5.06 Å². The standard InChI is InChI=1S/C18H20N2O2S2/c1-22-16-8-9-17(24-16)23-13-5-2-11(3-6-13)18(21)20-15-10-12-4-7-14(15)19-12/h2-3,5-6,8-9,12,14-15,19H,4,7,10H2,1H3,(H,20,21)/t12-,14+,15-/m1/s1. The number of methoxy groups -OCH3 is 1. The zero-order chi connectivity index (χ0) is 16.5. The summed E-state index contributed by atoms with van der Waals surface area (Å²) in [7, 11) is 1.68. The number of nitrogens with one attached hydrogen (secondary N) is 2. The minimum atomic E-state index is 0.0312. The minimum absolute atomic E-state index is 0.0312. The van der Waals surface area contributed by atoms with Crippen molar-refractivity contribution in [3.63, 3.8) is 0 Å². The predicted octanol–water partition coefficient (Wildman–Crippen LogP) is 3.53. The molecular formula is C18H20N2O2S2. The molecule has 126 valence electrons. The Balaban J connectivity index is 1.37. The van der Waals surface area contributed by atoms with E-state index in [9.17, 15) is 4.79 Å². The molecule has 0 saturated carbocycles. The molecule has 2 N–H and O–H groups in total. The summed E-state index contributed by atoms with van der Waals surface area (Å²) in [6, 6.07) is 13.2. The van der Waals surface area contributed by atoms with Crippen LogP contribution in [0, 0.1) is 0 Å². The fourth-order valence-corrected chi connectivity index (χ4v) is 5.39. The minimum Gasteiger partial charge on any atom is -0.487 e. The van der Waals surface area contributed by atoms with Crippen molar-refractivity contribution in [2.75, 3.05) is 7.11 Å². The number of hydrogen-bond donors (Lipinski definition) is 2. The van der Waals surface area contributed by atoms with E-state index < -0.39 is 0 Å². The number of carbonyl (C=O) groups excluding carboxylic acids is 1. The molecule has 4 rings (SSSR count). The predicted molar refractivity (Wildman–Crippen MR) is 97.3 cm³/mol. The third-order valence-corrected chi connectivity index (χ3v) is 6.90. The Kier molecular flexibility index (Phi) is 4.52. The molecule has 2 aliphatic heterocycles. The summed E-state index contributed by atoms with van der Waals surface area (Å²) in [5, 5.41) is 7.64. The lowest BCUT2D eigenvalue weighted by Gasteiger charge is -2.21. The van der Waals surface area contributed by atoms with Crippen LogP contribution in [0.25, 0.3) is 0 Å². The Bertz CT molecular complexity index is 729. The van der Waals surface area contributed by atoms with Crippen LogP contribution in [0.4, 0.5) is 0 Å². The number of rotatable bonds is 5. The molecule has 1 amide bonds. The van der Waals surface area contributed by atoms with E-state index in [-0.39, 0.29) is 11.9 Å². The monoisotopic (exact) mass is 360 g/mol. The summed E-state index contributed by atoms with van der Waals surface area (Å²) in [6.45, 7) is 0. The van der Waals surface area contributed by atoms with Crippen molar-refractivity contribution >= 4 is 29.0 Å². The Labute approximate surface area is 150 Å². The number of carbonyl (C=O) groups is 1. The van der Waals surface area contributed by atoms with Crippen molar-refractivity contribution in [3.05, 3.63) is 42.0 Å². The molecule has 6 heteroatoms. The molecule has 3 atom stereocenters. The van der Waals surface area contributed by atoms with Gasteiger partial charge in [0.05, 0.1) is 11.3 Å². The molecular weight excluding hydrogens is 340 g/mol. The van der Waals surface area contributed by atoms with Gasteiger partial charge in [-0.1, -0.05) is 23.1 Å². The maximum Gasteiger partial charge on any atom is 0.251 e. The molecule has 1 aromatic carbocycles. The second-order valence-electron chi connectivity index (χ2n) is 6.27. The van der Waals surface area contributed by atoms with E-state index in [1.165, 1.54) is 17.1 Å². The molecule has 2 bridgehead atoms. The number of ether oxygens (including phenoxy) is 1. The number of thiophene rings is 1. The first-order valence-corrected chi connectivity index (χ1v) is 9.83. The van der Waals surface area contributed by atoms with Crippen LogP contribution in [0.5, 0.6) is 5.06 Å². The Morgan fingerprint density at radius 3 is 2.71 bits per heavy atom. The van der Waals surface area contributed by atoms with Gasteiger partial charge >= 0.3 is 0 Å². The molecule has 1 aromatic heterocycles. The molecule has 0 spiro atoms. The second kappa shape index (κ2) is 6.78. The quantitative estimate of drug-likeness (QED) is 0.856. The highest BCUT2D eigenvalue weighted by atomic mass is 32.2. The lowest BCUT2D eigenvalue weighted by atomic mass is 9.95. The van der Waals surface area contributed by atoms with Crippen molar-refractivity contribution in [2.45, 2.75) is 46.5 Å². The Morgan fingerprint density at radius 1 is 1.25 bits per heavy atom. The first-order chi connectivity index (χ1) is 11.7. The van der Waals surface area contributed by atoms with E-state index in [0.29, 0.717) is 12.1 Å². The van der Waals surface area contributed by atoms with Crippen molar-refractivity contribution in [2.24, 2.45) is 0 Å². The fraction of sp³-hybridized carbons (Fsp3) is 0.389. The summed E-state index contributed by atoms with van der Waals surface area (Å²) < 4.78 is 6.39. The molecule has 4 nitrogen and oxygen atoms in total. The van der Waals surface area contributed by atoms with E-state index in [1.807, 2.05) is 30.3 Å². The van der Waals surface area contributed by atoms with E-state index in [4.69, 9.17) is 4.74 Å². The molecule has 0 radical (unpaired) electrons. The van der Waals surface area contributed by atoms with Gasteiger partial charge in [-0.25, -0.2) is 0 Å². The molecule has 2 aliphatic rings. The maximum absolute atomic E-state index is 12.4. The van der Waals surface area contributed by atoms with Gasteiger partial charge in [0.1, 0.15) is 0 Å². The number of amides is 1. The van der Waals surface area contributed by atoms with Gasteiger partial charge in [-0.2, -0.15) is 0 Å². The van der Waals surface area contributed by atoms with Crippen LogP contribution >= 0.6 is 23.1 Å². The van der Waals surface area contributed by atoms with E-state index >= 15 is 0 Å². The number of hydrogen-bond acceptors (Lipinski definition) is 5. The van der Waals surface area contributed by atoms with Crippen LogP contribution in [0.1, 0.15) is 29.6 Å². The molecule has 2 saturated heterocycles. The third-order valence-electron chi connectivity index (χ3n) is 4.71. The van der Waals surface area contributed by atoms with Crippen LogP contribution in [0.2, 0.25) is 0 Å². The summed E-state index contributed by atoms with van der Waals surface area (Å²) in [4.78, 5) is 13.6. The second-order valence-corrected chi connectivity index (χ2v) is 8.69. The number of fused-ring (bicyclic) bond motifs is 2. The molecule has 3 heterocycles. The smallest absolute Gasteiger partial charge is 0.251 e. The summed E-state index contributed by atoms with van der Waals surface area (Å²) in [5.41, 5.74) is 0.728. The highest BCUT2D eigenvalue weighted by Gasteiger charge is 2.39. The van der Waals surface area contributed by atoms with Gasteiger partial charge in [-0.05, 0) is 55.7 Å². The fourth-order valence-electron chi connectivity index (χ4n) is 3.49. The number of benzene rings is 1. The largest absolute Gasteiger partial charge is 0.487 e. The lowest BCUT2D eigenvalue weighted by Crippen LogP contribution is -2.42. The molecule has 0 aliphatic carbocycles. The zero-order valence-electron chi connectivity index (χ0n) is 13.5. The van der Waals surface area contributed by atoms with E-state index in [2.05, 4.69) is 16.7 Å². The van der Waals surface area contributed by atoms with Crippen LogP contribution in [0.3, 0.4) is 0 Å². The van der Waals surface area contributed by atoms with Crippen LogP contribution in [-0.2, 0) is 0 Å². The maximum atomic E-state index is 12.4. The van der Waals surface area contributed by atoms with Gasteiger partial charge in [0.25, 0.3) is 5.91 Å². The van der Waals surface area contributed by atoms with Crippen LogP contribution in [-0.4, -0.2) is 31.1 Å². The molecule has 24 heavy (non-hydrogen) atoms. The van der Waals surface area contributed by atoms with Gasteiger partial charge in [-0.15, -0.1) is 0 Å². The van der Waals surface area contributed by atoms with Crippen LogP contribution < -0.4 is 15.4 Å². The SMILES string of the molecule is COc1ccc(Sc2ccc(C(=O)N[C@@H]3C[C@H]4CC[C@@H]3N4)cc2)s1. The van der Waals surface area contributed by atoms with Gasteiger partial charge in [0, 0.05) is 28.6 Å². The van der Waals surface area contributed by atoms with E-state index in [1.54, 1.807) is 30.2 Å². The molecule has 2 fully saturated rings. The van der Waals surface area contributed by atoms with Crippen LogP contribution in [0.15, 0.2) is 45.5 Å². The van der Waals surface area contributed by atoms with Crippen molar-refractivity contribution in [1.82, 2.24) is 10.6 Å². The normalized spacial score (nSPS) is 25.0. The Morgan fingerprint density at radius 2 is 2.08 bits per heavy atom. The first kappa shape index (κ1) is 16.0. The molecule has 0 unspecified atom stereocenters. The summed E-state index contributed by atoms with van der Waals surface area (Å²) >= 11 is 3.30. The van der Waals surface area contributed by atoms with Gasteiger partial charge in [0.2, 0.25) is 0 Å². The average Bonchev–Trinajstić information content (AvgIpc) is 3.32. The van der Waals surface area contributed by atoms with Crippen molar-refractivity contribution < 1.29 is 9.53 Å². The highest BCUT2D eigenvalue weighted by molar-refractivity contribution is 8.01. The molecule has 2 aromatic rings. The van der Waals surface area contributed by atoms with Crippen molar-refractivity contribution in [1.29, 1.82) is 0 Å². The van der Waals surface area contributed by atoms with Gasteiger partial charge in [0.15, 0.2) is 5.06 Å². The van der Waals surface area contributed by atoms with Gasteiger partial charge < -0.3 is 15.4 Å². The third kappa shape index (κ3) is 3.31. The highest BCUT2D eigenvalue weighted by Crippen LogP contribution is 2.36. The van der Waals surface area contributed by atoms with Gasteiger partial charge in [-0.3, -0.25) is 4.79 Å². The zero-order valence-corrected chi connectivity index (χ0v) is 15.1. The summed E-state index contributed by atoms with van der Waals surface area (Å²) in [5.74, 6) is 0.0312. The summed E-state index contributed by atoms with van der Waals surface area (Å²) in [6.07, 6.45) is 3.48.